The molecule has 2 N–H and O–H groups in total. The fourth-order valence-corrected chi connectivity index (χ4v) is 1.02. The van der Waals surface area contributed by atoms with Crippen molar-refractivity contribution in [2.24, 2.45) is 0 Å². The normalized spacial score (nSPS) is 13.1. The molecule has 0 spiro atoms. The van der Waals surface area contributed by atoms with Crippen LogP contribution in [0, 0.1) is 0 Å². The molecular formula is C15H18O10. The summed E-state index contributed by atoms with van der Waals surface area (Å²) in [5.41, 5.74) is -0.964. The Morgan fingerprint density at radius 1 is 0.840 bits per heavy atom. The maximum atomic E-state index is 11.8. The van der Waals surface area contributed by atoms with Gasteiger partial charge in [0, 0.05) is 17.2 Å². The number of aliphatic hydroxyl groups excluding tert-OH is 2. The Bertz CT molecular complexity index is 614. The highest BCUT2D eigenvalue weighted by Gasteiger charge is 2.28. The van der Waals surface area contributed by atoms with E-state index in [0.717, 1.165) is 6.92 Å². The predicted octanol–water partition coefficient (Wildman–Crippen LogP) is -0.191. The standard InChI is InChI=1S/C15H18O10/c1-7(2)13(19)23-22-11(17)6-10(12(18)9(5)16)15(21)25-24-14(20)8(3)4/h6,9,12,16,18H,1,3H2,2,4-5H3/b10-6-. The van der Waals surface area contributed by atoms with Crippen LogP contribution in [0.5, 0.6) is 0 Å². The van der Waals surface area contributed by atoms with E-state index in [2.05, 4.69) is 32.7 Å². The van der Waals surface area contributed by atoms with Gasteiger partial charge in [0.15, 0.2) is 0 Å². The van der Waals surface area contributed by atoms with Gasteiger partial charge in [-0.15, -0.1) is 0 Å². The topological polar surface area (TPSA) is 146 Å². The van der Waals surface area contributed by atoms with Crippen LogP contribution in [0.1, 0.15) is 20.8 Å². The molecule has 0 aromatic heterocycles. The van der Waals surface area contributed by atoms with Crippen LogP contribution in [-0.2, 0) is 38.7 Å². The Morgan fingerprint density at radius 2 is 1.24 bits per heavy atom. The number of hydrogen-bond acceptors (Lipinski definition) is 10. The van der Waals surface area contributed by atoms with Gasteiger partial charge in [-0.25, -0.2) is 38.7 Å². The van der Waals surface area contributed by atoms with Crippen LogP contribution in [0.15, 0.2) is 36.0 Å². The van der Waals surface area contributed by atoms with Gasteiger partial charge in [0.2, 0.25) is 0 Å². The van der Waals surface area contributed by atoms with E-state index < -0.39 is 41.7 Å². The van der Waals surface area contributed by atoms with Crippen LogP contribution in [0.25, 0.3) is 0 Å². The molecule has 0 aromatic carbocycles. The summed E-state index contributed by atoms with van der Waals surface area (Å²) >= 11 is 0. The molecular weight excluding hydrogens is 340 g/mol. The van der Waals surface area contributed by atoms with E-state index in [4.69, 9.17) is 0 Å². The molecule has 0 fully saturated rings. The van der Waals surface area contributed by atoms with Crippen molar-refractivity contribution in [1.29, 1.82) is 0 Å². The average molecular weight is 358 g/mol. The van der Waals surface area contributed by atoms with Crippen molar-refractivity contribution in [2.45, 2.75) is 33.0 Å². The Balaban J connectivity index is 5.15. The minimum absolute atomic E-state index is 0.0628. The molecule has 0 amide bonds. The van der Waals surface area contributed by atoms with Crippen LogP contribution in [0.2, 0.25) is 0 Å². The zero-order valence-corrected chi connectivity index (χ0v) is 13.8. The monoisotopic (exact) mass is 358 g/mol. The molecule has 0 aromatic rings. The van der Waals surface area contributed by atoms with Crippen LogP contribution in [-0.4, -0.2) is 46.3 Å². The lowest BCUT2D eigenvalue weighted by molar-refractivity contribution is -0.254. The molecule has 0 heterocycles. The summed E-state index contributed by atoms with van der Waals surface area (Å²) in [6.45, 7) is 10.2. The van der Waals surface area contributed by atoms with Gasteiger partial charge >= 0.3 is 23.9 Å². The molecule has 0 aliphatic heterocycles. The Morgan fingerprint density at radius 3 is 1.64 bits per heavy atom. The highest BCUT2D eigenvalue weighted by atomic mass is 17.2. The highest BCUT2D eigenvalue weighted by molar-refractivity contribution is 5.98. The molecule has 138 valence electrons. The van der Waals surface area contributed by atoms with Crippen molar-refractivity contribution >= 4 is 23.9 Å². The van der Waals surface area contributed by atoms with Crippen molar-refractivity contribution in [3.8, 4) is 0 Å². The van der Waals surface area contributed by atoms with Crippen LogP contribution < -0.4 is 0 Å². The molecule has 0 saturated heterocycles. The summed E-state index contributed by atoms with van der Waals surface area (Å²) in [5, 5.41) is 19.1. The van der Waals surface area contributed by atoms with Crippen molar-refractivity contribution in [2.75, 3.05) is 0 Å². The summed E-state index contributed by atoms with van der Waals surface area (Å²) in [6.07, 6.45) is -3.00. The number of aliphatic hydroxyl groups is 2. The van der Waals surface area contributed by atoms with Gasteiger partial charge in [-0.05, 0) is 20.8 Å². The van der Waals surface area contributed by atoms with Gasteiger partial charge in [-0.2, -0.15) is 0 Å². The third-order valence-corrected chi connectivity index (χ3v) is 2.37. The van der Waals surface area contributed by atoms with Gasteiger partial charge in [-0.3, -0.25) is 0 Å². The molecule has 0 rings (SSSR count). The second-order valence-corrected chi connectivity index (χ2v) is 4.86. The Kier molecular flexibility index (Phi) is 8.81. The molecule has 10 nitrogen and oxygen atoms in total. The molecule has 0 aliphatic carbocycles. The Labute approximate surface area is 142 Å². The zero-order valence-electron chi connectivity index (χ0n) is 13.8. The molecule has 2 atom stereocenters. The average Bonchev–Trinajstić information content (AvgIpc) is 2.53. The number of carbonyl (C=O) groups excluding carboxylic acids is 4. The zero-order chi connectivity index (χ0) is 19.7. The summed E-state index contributed by atoms with van der Waals surface area (Å²) in [7, 11) is 0. The van der Waals surface area contributed by atoms with E-state index >= 15 is 0 Å². The first-order chi connectivity index (χ1) is 11.5. The van der Waals surface area contributed by atoms with Gasteiger partial charge in [0.1, 0.15) is 6.10 Å². The summed E-state index contributed by atoms with van der Waals surface area (Å²) < 4.78 is 0. The molecule has 2 unspecified atom stereocenters. The van der Waals surface area contributed by atoms with Crippen molar-refractivity contribution in [3.63, 3.8) is 0 Å². The van der Waals surface area contributed by atoms with Crippen molar-refractivity contribution < 1.29 is 48.9 Å². The molecule has 0 aliphatic rings. The molecule has 0 radical (unpaired) electrons. The predicted molar refractivity (Wildman–Crippen MR) is 79.8 cm³/mol. The fourth-order valence-electron chi connectivity index (χ4n) is 1.02. The van der Waals surface area contributed by atoms with Gasteiger partial charge in [0.25, 0.3) is 0 Å². The van der Waals surface area contributed by atoms with Gasteiger partial charge in [0.05, 0.1) is 11.7 Å². The lowest BCUT2D eigenvalue weighted by Crippen LogP contribution is -2.31. The number of carbonyl (C=O) groups is 4. The van der Waals surface area contributed by atoms with Crippen LogP contribution in [0.3, 0.4) is 0 Å². The lowest BCUT2D eigenvalue weighted by atomic mass is 10.1. The van der Waals surface area contributed by atoms with E-state index in [0.29, 0.717) is 6.08 Å². The number of hydrogen-bond donors (Lipinski definition) is 2. The lowest BCUT2D eigenvalue weighted by Gasteiger charge is -2.15. The third-order valence-electron chi connectivity index (χ3n) is 2.37. The fraction of sp³-hybridized carbons (Fsp3) is 0.333. The van der Waals surface area contributed by atoms with Crippen LogP contribution >= 0.6 is 0 Å². The molecule has 0 saturated carbocycles. The molecule has 0 bridgehead atoms. The van der Waals surface area contributed by atoms with E-state index in [1.165, 1.54) is 13.8 Å². The summed E-state index contributed by atoms with van der Waals surface area (Å²) in [5.74, 6) is -4.96. The molecule has 25 heavy (non-hydrogen) atoms. The van der Waals surface area contributed by atoms with E-state index in [-0.39, 0.29) is 11.1 Å². The third kappa shape index (κ3) is 7.90. The first-order valence-electron chi connectivity index (χ1n) is 6.72. The SMILES string of the molecule is C=C(C)C(=O)OOC(=O)/C=C(\C(=O)OOC(=O)C(=C)C)C(O)C(C)O. The minimum atomic E-state index is -1.89. The second kappa shape index (κ2) is 10.0. The van der Waals surface area contributed by atoms with E-state index in [9.17, 15) is 29.4 Å². The first kappa shape index (κ1) is 22.0. The van der Waals surface area contributed by atoms with Gasteiger partial charge in [-0.1, -0.05) is 13.2 Å². The number of rotatable bonds is 6. The highest BCUT2D eigenvalue weighted by Crippen LogP contribution is 2.11. The van der Waals surface area contributed by atoms with Crippen molar-refractivity contribution in [1.82, 2.24) is 0 Å². The maximum absolute atomic E-state index is 11.8. The van der Waals surface area contributed by atoms with E-state index in [1.54, 1.807) is 0 Å². The smallest absolute Gasteiger partial charge is 0.385 e. The minimum Gasteiger partial charge on any atom is -0.390 e. The largest absolute Gasteiger partial charge is 0.390 e. The van der Waals surface area contributed by atoms with Gasteiger partial charge < -0.3 is 10.2 Å². The maximum Gasteiger partial charge on any atom is 0.385 e. The summed E-state index contributed by atoms with van der Waals surface area (Å²) in [4.78, 5) is 62.0. The quantitative estimate of drug-likeness (QED) is 0.372. The van der Waals surface area contributed by atoms with Crippen molar-refractivity contribution in [3.05, 3.63) is 36.0 Å². The molecule has 10 heteroatoms. The van der Waals surface area contributed by atoms with Crippen LogP contribution in [0.4, 0.5) is 0 Å². The summed E-state index contributed by atoms with van der Waals surface area (Å²) in [6, 6.07) is 0. The van der Waals surface area contributed by atoms with E-state index in [1.807, 2.05) is 0 Å². The Hall–Kier alpha value is -2.98. The first-order valence-corrected chi connectivity index (χ1v) is 6.72. The second-order valence-electron chi connectivity index (χ2n) is 4.86.